The van der Waals surface area contributed by atoms with Gasteiger partial charge in [0.2, 0.25) is 0 Å². The Morgan fingerprint density at radius 3 is 2.34 bits per heavy atom. The zero-order valence-corrected chi connectivity index (χ0v) is 17.1. The molecule has 0 aliphatic carbocycles. The molecule has 2 heterocycles. The molecule has 29 heavy (non-hydrogen) atoms. The van der Waals surface area contributed by atoms with Crippen molar-refractivity contribution < 1.29 is 10.2 Å². The summed E-state index contributed by atoms with van der Waals surface area (Å²) in [6.07, 6.45) is 2.69. The van der Waals surface area contributed by atoms with Crippen LogP contribution < -0.4 is 4.90 Å². The van der Waals surface area contributed by atoms with E-state index < -0.39 is 0 Å². The lowest BCUT2D eigenvalue weighted by atomic mass is 9.99. The predicted octanol–water partition coefficient (Wildman–Crippen LogP) is 3.12. The van der Waals surface area contributed by atoms with E-state index in [0.717, 1.165) is 78.2 Å². The Morgan fingerprint density at radius 2 is 1.66 bits per heavy atom. The fraction of sp³-hybridized carbons (Fsp3) is 0.391. The molecule has 1 fully saturated rings. The maximum absolute atomic E-state index is 10.1. The van der Waals surface area contributed by atoms with Crippen LogP contribution in [0.3, 0.4) is 0 Å². The second-order valence-electron chi connectivity index (χ2n) is 7.80. The smallest absolute Gasteiger partial charge is 0.147 e. The third-order valence-electron chi connectivity index (χ3n) is 5.68. The van der Waals surface area contributed by atoms with Crippen LogP contribution in [0.25, 0.3) is 22.2 Å². The van der Waals surface area contributed by atoms with E-state index in [2.05, 4.69) is 26.9 Å². The molecule has 2 N–H and O–H groups in total. The van der Waals surface area contributed by atoms with Gasteiger partial charge in [0.15, 0.2) is 0 Å². The van der Waals surface area contributed by atoms with Gasteiger partial charge in [-0.2, -0.15) is 0 Å². The summed E-state index contributed by atoms with van der Waals surface area (Å²) in [6, 6.07) is 10.2. The summed E-state index contributed by atoms with van der Waals surface area (Å²) in [5, 5.41) is 19.1. The van der Waals surface area contributed by atoms with E-state index in [4.69, 9.17) is 10.1 Å². The van der Waals surface area contributed by atoms with Crippen LogP contribution >= 0.6 is 0 Å². The first-order valence-corrected chi connectivity index (χ1v) is 10.2. The molecule has 0 radical (unpaired) electrons. The summed E-state index contributed by atoms with van der Waals surface area (Å²) in [6.45, 7) is 8.83. The van der Waals surface area contributed by atoms with Crippen molar-refractivity contribution in [2.45, 2.75) is 20.3 Å². The molecule has 1 saturated heterocycles. The van der Waals surface area contributed by atoms with E-state index in [0.29, 0.717) is 5.75 Å². The van der Waals surface area contributed by atoms with Gasteiger partial charge in [0.05, 0.1) is 17.2 Å². The zero-order chi connectivity index (χ0) is 20.4. The number of aliphatic hydroxyl groups is 1. The van der Waals surface area contributed by atoms with Crippen LogP contribution in [0.1, 0.15) is 17.5 Å². The minimum absolute atomic E-state index is 0.249. The molecular weight excluding hydrogens is 364 g/mol. The number of nitrogens with zero attached hydrogens (tertiary/aromatic N) is 4. The molecule has 0 unspecified atom stereocenters. The number of aryl methyl sites for hydroxylation is 2. The Kier molecular flexibility index (Phi) is 5.65. The topological polar surface area (TPSA) is 72.7 Å². The van der Waals surface area contributed by atoms with Crippen LogP contribution in [0.5, 0.6) is 5.75 Å². The molecule has 2 aromatic carbocycles. The molecule has 4 rings (SSSR count). The van der Waals surface area contributed by atoms with Gasteiger partial charge in [0, 0.05) is 39.3 Å². The normalized spacial score (nSPS) is 15.2. The van der Waals surface area contributed by atoms with E-state index in [1.807, 2.05) is 38.2 Å². The standard InChI is InChI=1S/C23H28N4O2/c1-16-12-19(13-17(2)23(16)29)18-4-5-20-21(14-18)25-22(15-24-20)27-9-7-26(8-10-27)6-3-11-28/h4-5,12-15,28-29H,3,6-11H2,1-2H3. The van der Waals surface area contributed by atoms with Crippen LogP contribution in [0.15, 0.2) is 36.5 Å². The number of phenolic OH excluding ortho intramolecular Hbond substituents is 1. The zero-order valence-electron chi connectivity index (χ0n) is 17.1. The van der Waals surface area contributed by atoms with E-state index in [1.165, 1.54) is 0 Å². The average molecular weight is 393 g/mol. The lowest BCUT2D eigenvalue weighted by Crippen LogP contribution is -2.47. The monoisotopic (exact) mass is 392 g/mol. The SMILES string of the molecule is Cc1cc(-c2ccc3ncc(N4CCN(CCCO)CC4)nc3c2)cc(C)c1O. The fourth-order valence-corrected chi connectivity index (χ4v) is 3.95. The third-order valence-corrected chi connectivity index (χ3v) is 5.68. The minimum Gasteiger partial charge on any atom is -0.507 e. The predicted molar refractivity (Wildman–Crippen MR) is 116 cm³/mol. The van der Waals surface area contributed by atoms with Gasteiger partial charge in [0.1, 0.15) is 11.6 Å². The highest BCUT2D eigenvalue weighted by molar-refractivity contribution is 5.82. The quantitative estimate of drug-likeness (QED) is 0.695. The van der Waals surface area contributed by atoms with Crippen molar-refractivity contribution >= 4 is 16.9 Å². The number of benzene rings is 2. The summed E-state index contributed by atoms with van der Waals surface area (Å²) >= 11 is 0. The minimum atomic E-state index is 0.249. The second-order valence-corrected chi connectivity index (χ2v) is 7.80. The lowest BCUT2D eigenvalue weighted by molar-refractivity contribution is 0.215. The third kappa shape index (κ3) is 4.18. The van der Waals surface area contributed by atoms with Crippen LogP contribution in [-0.2, 0) is 0 Å². The molecule has 1 aliphatic heterocycles. The first-order valence-electron chi connectivity index (χ1n) is 10.2. The van der Waals surface area contributed by atoms with E-state index >= 15 is 0 Å². The number of fused-ring (bicyclic) bond motifs is 1. The van der Waals surface area contributed by atoms with Crippen molar-refractivity contribution in [3.05, 3.63) is 47.7 Å². The maximum Gasteiger partial charge on any atom is 0.147 e. The highest BCUT2D eigenvalue weighted by atomic mass is 16.3. The molecular formula is C23H28N4O2. The second kappa shape index (κ2) is 8.35. The van der Waals surface area contributed by atoms with E-state index in [-0.39, 0.29) is 6.61 Å². The van der Waals surface area contributed by atoms with Gasteiger partial charge in [-0.25, -0.2) is 4.98 Å². The summed E-state index contributed by atoms with van der Waals surface area (Å²) in [5.74, 6) is 1.27. The van der Waals surface area contributed by atoms with Crippen molar-refractivity contribution in [2.75, 3.05) is 44.2 Å². The van der Waals surface area contributed by atoms with Gasteiger partial charge in [-0.1, -0.05) is 6.07 Å². The van der Waals surface area contributed by atoms with Crippen LogP contribution in [0.4, 0.5) is 5.82 Å². The van der Waals surface area contributed by atoms with Crippen molar-refractivity contribution in [3.63, 3.8) is 0 Å². The molecule has 1 aliphatic rings. The molecule has 0 saturated carbocycles. The van der Waals surface area contributed by atoms with Gasteiger partial charge in [-0.15, -0.1) is 0 Å². The maximum atomic E-state index is 10.1. The number of piperazine rings is 1. The summed E-state index contributed by atoms with van der Waals surface area (Å²) in [7, 11) is 0. The Labute approximate surface area is 171 Å². The first-order chi connectivity index (χ1) is 14.0. The Balaban J connectivity index is 1.58. The number of aliphatic hydroxyl groups excluding tert-OH is 1. The number of phenols is 1. The van der Waals surface area contributed by atoms with Crippen molar-refractivity contribution in [3.8, 4) is 16.9 Å². The molecule has 6 nitrogen and oxygen atoms in total. The van der Waals surface area contributed by atoms with Gasteiger partial charge in [0.25, 0.3) is 0 Å². The fourth-order valence-electron chi connectivity index (χ4n) is 3.95. The molecule has 6 heteroatoms. The Morgan fingerprint density at radius 1 is 0.931 bits per heavy atom. The van der Waals surface area contributed by atoms with Crippen molar-refractivity contribution in [2.24, 2.45) is 0 Å². The number of anilines is 1. The van der Waals surface area contributed by atoms with Gasteiger partial charge < -0.3 is 15.1 Å². The van der Waals surface area contributed by atoms with Crippen LogP contribution in [0, 0.1) is 13.8 Å². The van der Waals surface area contributed by atoms with Crippen LogP contribution in [0.2, 0.25) is 0 Å². The highest BCUT2D eigenvalue weighted by Gasteiger charge is 2.18. The van der Waals surface area contributed by atoms with E-state index in [9.17, 15) is 5.11 Å². The molecule has 0 amide bonds. The van der Waals surface area contributed by atoms with Crippen molar-refractivity contribution in [1.82, 2.24) is 14.9 Å². The summed E-state index contributed by atoms with van der Waals surface area (Å²) in [5.41, 5.74) is 5.66. The first kappa shape index (κ1) is 19.6. The van der Waals surface area contributed by atoms with Gasteiger partial charge in [-0.05, 0) is 66.8 Å². The Bertz CT molecular complexity index is 990. The number of hydrogen-bond acceptors (Lipinski definition) is 6. The molecule has 0 bridgehead atoms. The summed E-state index contributed by atoms with van der Waals surface area (Å²) in [4.78, 5) is 14.2. The number of aromatic hydroxyl groups is 1. The van der Waals surface area contributed by atoms with Gasteiger partial charge >= 0.3 is 0 Å². The lowest BCUT2D eigenvalue weighted by Gasteiger charge is -2.35. The number of hydrogen-bond donors (Lipinski definition) is 2. The number of rotatable bonds is 5. The largest absolute Gasteiger partial charge is 0.507 e. The number of aromatic nitrogens is 2. The molecule has 1 aromatic heterocycles. The highest BCUT2D eigenvalue weighted by Crippen LogP contribution is 2.30. The Hall–Kier alpha value is -2.70. The molecule has 3 aromatic rings. The molecule has 152 valence electrons. The average Bonchev–Trinajstić information content (AvgIpc) is 2.75. The van der Waals surface area contributed by atoms with Crippen molar-refractivity contribution in [1.29, 1.82) is 0 Å². The van der Waals surface area contributed by atoms with E-state index in [1.54, 1.807) is 0 Å². The van der Waals surface area contributed by atoms with Gasteiger partial charge in [-0.3, -0.25) is 9.88 Å². The van der Waals surface area contributed by atoms with Crippen LogP contribution in [-0.4, -0.2) is 64.4 Å². The molecule has 0 spiro atoms. The summed E-state index contributed by atoms with van der Waals surface area (Å²) < 4.78 is 0. The molecule has 0 atom stereocenters.